The number of hydrogen-bond donors (Lipinski definition) is 0. The van der Waals surface area contributed by atoms with Crippen molar-refractivity contribution in [3.63, 3.8) is 0 Å². The Kier molecular flexibility index (Phi) is 7.68. The van der Waals surface area contributed by atoms with Crippen molar-refractivity contribution < 1.29 is 17.6 Å². The molecule has 3 aromatic rings. The first-order valence-corrected chi connectivity index (χ1v) is 13.3. The van der Waals surface area contributed by atoms with Gasteiger partial charge in [0.05, 0.1) is 20.9 Å². The minimum Gasteiger partial charge on any atom is -0.308 e. The van der Waals surface area contributed by atoms with Gasteiger partial charge in [0, 0.05) is 24.4 Å². The van der Waals surface area contributed by atoms with Crippen LogP contribution in [0.15, 0.2) is 52.3 Å². The number of nitrogens with zero attached hydrogens (tertiary/aromatic N) is 3. The summed E-state index contributed by atoms with van der Waals surface area (Å²) in [5.74, 6) is -1.17. The lowest BCUT2D eigenvalue weighted by Gasteiger charge is -2.22. The van der Waals surface area contributed by atoms with E-state index in [0.29, 0.717) is 18.2 Å². The van der Waals surface area contributed by atoms with E-state index in [0.717, 1.165) is 27.2 Å². The molecular formula is C21H24FN3O3S3. The topological polar surface area (TPSA) is 70.6 Å². The number of sulfone groups is 1. The molecule has 2 aromatic carbocycles. The quantitative estimate of drug-likeness (QED) is 0.341. The molecule has 0 spiro atoms. The van der Waals surface area contributed by atoms with Crippen LogP contribution in [-0.2, 0) is 14.6 Å². The van der Waals surface area contributed by atoms with Gasteiger partial charge in [-0.15, -0.1) is 11.8 Å². The summed E-state index contributed by atoms with van der Waals surface area (Å²) in [6.07, 6.45) is 1.79. The van der Waals surface area contributed by atoms with Crippen LogP contribution in [0.3, 0.4) is 0 Å². The number of carbonyl (C=O) groups is 1. The van der Waals surface area contributed by atoms with E-state index < -0.39 is 15.7 Å². The number of hydrogen-bond acceptors (Lipinski definition) is 7. The highest BCUT2D eigenvalue weighted by Crippen LogP contribution is 2.34. The first kappa shape index (κ1) is 23.6. The van der Waals surface area contributed by atoms with Crippen molar-refractivity contribution in [3.05, 3.63) is 48.3 Å². The number of fused-ring (bicyclic) bond motifs is 1. The van der Waals surface area contributed by atoms with Gasteiger partial charge in [0.15, 0.2) is 15.0 Å². The lowest BCUT2D eigenvalue weighted by atomic mass is 10.3. The Bertz CT molecular complexity index is 1160. The Morgan fingerprint density at radius 1 is 1.13 bits per heavy atom. The van der Waals surface area contributed by atoms with Crippen LogP contribution in [0.2, 0.25) is 0 Å². The summed E-state index contributed by atoms with van der Waals surface area (Å²) in [6, 6.07) is 10.5. The van der Waals surface area contributed by atoms with E-state index >= 15 is 0 Å². The van der Waals surface area contributed by atoms with Crippen LogP contribution in [0, 0.1) is 5.82 Å². The molecule has 0 saturated heterocycles. The highest BCUT2D eigenvalue weighted by Gasteiger charge is 2.23. The zero-order chi connectivity index (χ0) is 22.6. The summed E-state index contributed by atoms with van der Waals surface area (Å²) in [7, 11) is 0.118. The van der Waals surface area contributed by atoms with Crippen molar-refractivity contribution >= 4 is 54.2 Å². The highest BCUT2D eigenvalue weighted by molar-refractivity contribution is 7.98. The first-order valence-electron chi connectivity index (χ1n) is 9.58. The Morgan fingerprint density at radius 3 is 2.48 bits per heavy atom. The molecule has 1 aromatic heterocycles. The van der Waals surface area contributed by atoms with E-state index in [4.69, 9.17) is 0 Å². The predicted octanol–water partition coefficient (Wildman–Crippen LogP) is 3.92. The molecule has 1 amide bonds. The molecular weight excluding hydrogens is 457 g/mol. The van der Waals surface area contributed by atoms with Crippen LogP contribution in [0.25, 0.3) is 10.2 Å². The summed E-state index contributed by atoms with van der Waals surface area (Å²) in [6.45, 7) is 1.01. The maximum Gasteiger partial charge on any atom is 0.229 e. The predicted molar refractivity (Wildman–Crippen MR) is 125 cm³/mol. The number of thioether (sulfide) groups is 1. The van der Waals surface area contributed by atoms with Gasteiger partial charge in [0.25, 0.3) is 0 Å². The Morgan fingerprint density at radius 2 is 1.84 bits per heavy atom. The van der Waals surface area contributed by atoms with Crippen LogP contribution in [-0.4, -0.2) is 63.4 Å². The number of halogens is 1. The molecule has 3 rings (SSSR count). The number of rotatable bonds is 9. The maximum atomic E-state index is 13.1. The summed E-state index contributed by atoms with van der Waals surface area (Å²) < 4.78 is 39.2. The first-order chi connectivity index (χ1) is 14.7. The van der Waals surface area contributed by atoms with Crippen LogP contribution in [0.1, 0.15) is 6.42 Å². The number of aromatic nitrogens is 1. The zero-order valence-electron chi connectivity index (χ0n) is 17.5. The largest absolute Gasteiger partial charge is 0.308 e. The minimum absolute atomic E-state index is 0.00569. The van der Waals surface area contributed by atoms with Gasteiger partial charge >= 0.3 is 0 Å². The summed E-state index contributed by atoms with van der Waals surface area (Å²) in [4.78, 5) is 22.3. The number of carbonyl (C=O) groups excluding carboxylic acids is 1. The van der Waals surface area contributed by atoms with E-state index in [1.165, 1.54) is 23.5 Å². The van der Waals surface area contributed by atoms with Gasteiger partial charge in [0.2, 0.25) is 5.91 Å². The molecule has 166 valence electrons. The number of benzene rings is 2. The van der Waals surface area contributed by atoms with Gasteiger partial charge in [-0.2, -0.15) is 0 Å². The van der Waals surface area contributed by atoms with Crippen LogP contribution >= 0.6 is 23.1 Å². The average Bonchev–Trinajstić information content (AvgIpc) is 3.16. The molecule has 31 heavy (non-hydrogen) atoms. The molecule has 0 bridgehead atoms. The molecule has 0 N–H and O–H groups in total. The Hall–Kier alpha value is -2.01. The summed E-state index contributed by atoms with van der Waals surface area (Å²) in [5.41, 5.74) is 0.844. The molecule has 0 unspecified atom stereocenters. The zero-order valence-corrected chi connectivity index (χ0v) is 20.0. The van der Waals surface area contributed by atoms with Crippen molar-refractivity contribution in [1.29, 1.82) is 0 Å². The third-order valence-corrected chi connectivity index (χ3v) is 8.20. The Balaban J connectivity index is 1.83. The normalized spacial score (nSPS) is 11.9. The van der Waals surface area contributed by atoms with Crippen molar-refractivity contribution in [2.24, 2.45) is 0 Å². The molecule has 6 nitrogen and oxygen atoms in total. The SMILES string of the molecule is CSc1cccc2sc(N(CCN(C)C)C(=O)CCS(=O)(=O)c3ccc(F)cc3)nc12. The second kappa shape index (κ2) is 10.1. The maximum absolute atomic E-state index is 13.1. The smallest absolute Gasteiger partial charge is 0.229 e. The van der Waals surface area contributed by atoms with E-state index in [2.05, 4.69) is 4.98 Å². The van der Waals surface area contributed by atoms with Crippen LogP contribution < -0.4 is 4.90 Å². The monoisotopic (exact) mass is 481 g/mol. The van der Waals surface area contributed by atoms with Crippen LogP contribution in [0.5, 0.6) is 0 Å². The molecule has 0 aliphatic rings. The molecule has 0 aliphatic heterocycles. The molecule has 0 aliphatic carbocycles. The van der Waals surface area contributed by atoms with Gasteiger partial charge in [-0.05, 0) is 56.7 Å². The molecule has 0 atom stereocenters. The van der Waals surface area contributed by atoms with E-state index in [1.807, 2.05) is 43.5 Å². The number of para-hydroxylation sites is 1. The third kappa shape index (κ3) is 5.82. The molecule has 1 heterocycles. The van der Waals surface area contributed by atoms with Crippen molar-refractivity contribution in [1.82, 2.24) is 9.88 Å². The van der Waals surface area contributed by atoms with Gasteiger partial charge in [-0.25, -0.2) is 17.8 Å². The van der Waals surface area contributed by atoms with Crippen molar-refractivity contribution in [2.45, 2.75) is 16.2 Å². The molecule has 0 fully saturated rings. The number of thiazole rings is 1. The van der Waals surface area contributed by atoms with Crippen molar-refractivity contribution in [2.75, 3.05) is 44.1 Å². The Labute approximate surface area is 190 Å². The second-order valence-corrected chi connectivity index (χ2v) is 11.1. The fourth-order valence-corrected chi connectivity index (χ4v) is 5.83. The molecule has 0 saturated carbocycles. The van der Waals surface area contributed by atoms with Crippen molar-refractivity contribution in [3.8, 4) is 0 Å². The fraction of sp³-hybridized carbons (Fsp3) is 0.333. The standard InChI is InChI=1S/C21H24FN3O3S3/c1-24(2)12-13-25(21-23-20-17(29-3)5-4-6-18(20)30-21)19(26)11-14-31(27,28)16-9-7-15(22)8-10-16/h4-10H,11-14H2,1-3H3. The molecule has 10 heteroatoms. The van der Waals surface area contributed by atoms with Gasteiger partial charge in [-0.3, -0.25) is 9.69 Å². The fourth-order valence-electron chi connectivity index (χ4n) is 2.94. The summed E-state index contributed by atoms with van der Waals surface area (Å²) >= 11 is 3.01. The molecule has 0 radical (unpaired) electrons. The lowest BCUT2D eigenvalue weighted by Crippen LogP contribution is -2.37. The van der Waals surface area contributed by atoms with E-state index in [-0.39, 0.29) is 23.0 Å². The lowest BCUT2D eigenvalue weighted by molar-refractivity contribution is -0.118. The van der Waals surface area contributed by atoms with E-state index in [9.17, 15) is 17.6 Å². The third-order valence-electron chi connectivity index (χ3n) is 4.65. The van der Waals surface area contributed by atoms with Gasteiger partial charge < -0.3 is 4.90 Å². The highest BCUT2D eigenvalue weighted by atomic mass is 32.2. The minimum atomic E-state index is -3.70. The number of amides is 1. The van der Waals surface area contributed by atoms with Gasteiger partial charge in [0.1, 0.15) is 5.82 Å². The number of anilines is 1. The average molecular weight is 482 g/mol. The number of likely N-dealkylation sites (N-methyl/N-ethyl adjacent to an activating group) is 1. The second-order valence-electron chi connectivity index (χ2n) is 7.17. The van der Waals surface area contributed by atoms with Crippen LogP contribution in [0.4, 0.5) is 9.52 Å². The van der Waals surface area contributed by atoms with E-state index in [1.54, 1.807) is 16.7 Å². The van der Waals surface area contributed by atoms with Gasteiger partial charge in [-0.1, -0.05) is 17.4 Å². The summed E-state index contributed by atoms with van der Waals surface area (Å²) in [5, 5.41) is 0.558.